The van der Waals surface area contributed by atoms with Gasteiger partial charge in [0.25, 0.3) is 5.72 Å². The number of nitrogens with zero attached hydrogens (tertiary/aromatic N) is 1. The third-order valence-corrected chi connectivity index (χ3v) is 3.67. The van der Waals surface area contributed by atoms with E-state index >= 15 is 0 Å². The fourth-order valence-corrected chi connectivity index (χ4v) is 2.64. The molecule has 1 aliphatic carbocycles. The summed E-state index contributed by atoms with van der Waals surface area (Å²) in [6.07, 6.45) is -0.595. The lowest BCUT2D eigenvalue weighted by Crippen LogP contribution is -2.53. The van der Waals surface area contributed by atoms with Crippen LogP contribution in [0.4, 0.5) is 13.2 Å². The number of amides is 1. The number of aliphatic hydroxyl groups is 1. The van der Waals surface area contributed by atoms with E-state index in [-0.39, 0.29) is 11.8 Å². The minimum atomic E-state index is -4.93. The number of hydrogen-bond donors (Lipinski definition) is 2. The predicted molar refractivity (Wildman–Crippen MR) is 62.4 cm³/mol. The van der Waals surface area contributed by atoms with Gasteiger partial charge in [-0.3, -0.25) is 4.79 Å². The highest BCUT2D eigenvalue weighted by atomic mass is 19.4. The molecule has 2 N–H and O–H groups in total. The minimum absolute atomic E-state index is 0.0389. The molecule has 1 atom stereocenters. The molecule has 1 aliphatic heterocycles. The first-order chi connectivity index (χ1) is 8.80. The van der Waals surface area contributed by atoms with Gasteiger partial charge in [-0.1, -0.05) is 32.1 Å². The van der Waals surface area contributed by atoms with Gasteiger partial charge in [0.15, 0.2) is 0 Å². The molecule has 1 fully saturated rings. The van der Waals surface area contributed by atoms with Gasteiger partial charge in [-0.15, -0.1) is 0 Å². The Bertz CT molecular complexity index is 389. The van der Waals surface area contributed by atoms with Crippen LogP contribution < -0.4 is 5.32 Å². The standard InChI is InChI=1S/C12H17F3N2O2/c13-12(14,15)11(19)7-10(18)16-9(17-11)6-8-4-2-1-3-5-8/h8,19H,1-7H2,(H,16,17,18). The second kappa shape index (κ2) is 5.11. The highest BCUT2D eigenvalue weighted by Gasteiger charge is 2.57. The van der Waals surface area contributed by atoms with Crippen LogP contribution in [0, 0.1) is 5.92 Å². The number of nitrogens with one attached hydrogen (secondary N) is 1. The zero-order valence-electron chi connectivity index (χ0n) is 10.5. The summed E-state index contributed by atoms with van der Waals surface area (Å²) in [6, 6.07) is 0. The molecule has 7 heteroatoms. The average molecular weight is 278 g/mol. The summed E-state index contributed by atoms with van der Waals surface area (Å²) in [5, 5.41) is 11.8. The van der Waals surface area contributed by atoms with E-state index in [1.165, 1.54) is 0 Å². The maximum absolute atomic E-state index is 12.7. The van der Waals surface area contributed by atoms with E-state index in [0.717, 1.165) is 32.1 Å². The van der Waals surface area contributed by atoms with Crippen molar-refractivity contribution >= 4 is 11.7 Å². The van der Waals surface area contributed by atoms with E-state index in [9.17, 15) is 23.1 Å². The third kappa shape index (κ3) is 3.26. The maximum Gasteiger partial charge on any atom is 0.438 e. The Morgan fingerprint density at radius 2 is 1.95 bits per heavy atom. The topological polar surface area (TPSA) is 61.7 Å². The molecule has 2 rings (SSSR count). The van der Waals surface area contributed by atoms with Crippen molar-refractivity contribution in [3.05, 3.63) is 0 Å². The number of aliphatic imine (C=N–C) groups is 1. The first kappa shape index (κ1) is 14.3. The molecule has 0 radical (unpaired) electrons. The van der Waals surface area contributed by atoms with Gasteiger partial charge in [0, 0.05) is 6.42 Å². The van der Waals surface area contributed by atoms with E-state index in [4.69, 9.17) is 0 Å². The molecule has 19 heavy (non-hydrogen) atoms. The molecule has 108 valence electrons. The normalized spacial score (nSPS) is 29.9. The lowest BCUT2D eigenvalue weighted by atomic mass is 9.86. The number of rotatable bonds is 2. The monoisotopic (exact) mass is 278 g/mol. The molecule has 1 saturated carbocycles. The zero-order chi connectivity index (χ0) is 14.1. The number of hydrogen-bond acceptors (Lipinski definition) is 3. The predicted octanol–water partition coefficient (Wildman–Crippen LogP) is 2.13. The van der Waals surface area contributed by atoms with Crippen molar-refractivity contribution in [1.82, 2.24) is 5.32 Å². The van der Waals surface area contributed by atoms with E-state index in [1.54, 1.807) is 0 Å². The van der Waals surface area contributed by atoms with E-state index < -0.39 is 24.2 Å². The van der Waals surface area contributed by atoms with Crippen LogP contribution in [0.15, 0.2) is 4.99 Å². The summed E-state index contributed by atoms with van der Waals surface area (Å²) < 4.78 is 38.1. The molecule has 1 heterocycles. The van der Waals surface area contributed by atoms with E-state index in [0.29, 0.717) is 6.42 Å². The summed E-state index contributed by atoms with van der Waals surface area (Å²) >= 11 is 0. The smallest absolute Gasteiger partial charge is 0.362 e. The average Bonchev–Trinajstić information content (AvgIpc) is 2.27. The van der Waals surface area contributed by atoms with Crippen molar-refractivity contribution in [1.29, 1.82) is 0 Å². The van der Waals surface area contributed by atoms with Gasteiger partial charge in [-0.05, 0) is 5.92 Å². The van der Waals surface area contributed by atoms with Crippen LogP contribution in [0.2, 0.25) is 0 Å². The Balaban J connectivity index is 2.12. The van der Waals surface area contributed by atoms with Crippen LogP contribution in [-0.4, -0.2) is 28.8 Å². The Labute approximate surface area is 109 Å². The van der Waals surface area contributed by atoms with Gasteiger partial charge in [0.1, 0.15) is 5.84 Å². The van der Waals surface area contributed by atoms with Gasteiger partial charge in [0.2, 0.25) is 5.91 Å². The number of halogens is 3. The van der Waals surface area contributed by atoms with Crippen LogP contribution in [0.1, 0.15) is 44.9 Å². The summed E-state index contributed by atoms with van der Waals surface area (Å²) in [7, 11) is 0. The molecule has 4 nitrogen and oxygen atoms in total. The highest BCUT2D eigenvalue weighted by molar-refractivity contribution is 6.00. The van der Waals surface area contributed by atoms with Gasteiger partial charge < -0.3 is 10.4 Å². The summed E-state index contributed by atoms with van der Waals surface area (Å²) in [4.78, 5) is 14.7. The summed E-state index contributed by atoms with van der Waals surface area (Å²) in [5.74, 6) is -0.632. The Hall–Kier alpha value is -1.11. The lowest BCUT2D eigenvalue weighted by molar-refractivity contribution is -0.258. The number of amidine groups is 1. The molecular weight excluding hydrogens is 261 g/mol. The fourth-order valence-electron chi connectivity index (χ4n) is 2.64. The molecule has 0 aromatic heterocycles. The third-order valence-electron chi connectivity index (χ3n) is 3.67. The molecule has 0 saturated heterocycles. The van der Waals surface area contributed by atoms with Crippen molar-refractivity contribution in [2.45, 2.75) is 56.8 Å². The highest BCUT2D eigenvalue weighted by Crippen LogP contribution is 2.36. The second-order valence-electron chi connectivity index (χ2n) is 5.31. The van der Waals surface area contributed by atoms with Crippen molar-refractivity contribution in [3.63, 3.8) is 0 Å². The Morgan fingerprint density at radius 1 is 1.32 bits per heavy atom. The van der Waals surface area contributed by atoms with Gasteiger partial charge >= 0.3 is 6.18 Å². The Morgan fingerprint density at radius 3 is 2.53 bits per heavy atom. The molecular formula is C12H17F3N2O2. The molecule has 2 aliphatic rings. The minimum Gasteiger partial charge on any atom is -0.362 e. The number of carbonyl (C=O) groups is 1. The molecule has 0 bridgehead atoms. The van der Waals surface area contributed by atoms with Gasteiger partial charge in [-0.25, -0.2) is 4.99 Å². The first-order valence-electron chi connectivity index (χ1n) is 6.48. The zero-order valence-corrected chi connectivity index (χ0v) is 10.5. The summed E-state index contributed by atoms with van der Waals surface area (Å²) in [5.41, 5.74) is -3.26. The van der Waals surface area contributed by atoms with Crippen LogP contribution in [-0.2, 0) is 4.79 Å². The van der Waals surface area contributed by atoms with Gasteiger partial charge in [0.05, 0.1) is 6.42 Å². The number of carbonyl (C=O) groups excluding carboxylic acids is 1. The van der Waals surface area contributed by atoms with Crippen molar-refractivity contribution in [2.75, 3.05) is 0 Å². The quantitative estimate of drug-likeness (QED) is 0.812. The van der Waals surface area contributed by atoms with E-state index in [2.05, 4.69) is 10.3 Å². The molecule has 0 aromatic carbocycles. The van der Waals surface area contributed by atoms with Crippen molar-refractivity contribution in [3.8, 4) is 0 Å². The van der Waals surface area contributed by atoms with Crippen molar-refractivity contribution < 1.29 is 23.1 Å². The SMILES string of the molecule is O=C1CC(O)(C(F)(F)F)N=C(CC2CCCCC2)N1. The fraction of sp³-hybridized carbons (Fsp3) is 0.833. The van der Waals surface area contributed by atoms with E-state index in [1.807, 2.05) is 0 Å². The van der Waals surface area contributed by atoms with Gasteiger partial charge in [-0.2, -0.15) is 13.2 Å². The first-order valence-corrected chi connectivity index (χ1v) is 6.48. The second-order valence-corrected chi connectivity index (χ2v) is 5.31. The molecule has 0 spiro atoms. The molecule has 1 unspecified atom stereocenters. The van der Waals surface area contributed by atoms with Crippen LogP contribution in [0.3, 0.4) is 0 Å². The largest absolute Gasteiger partial charge is 0.438 e. The lowest BCUT2D eigenvalue weighted by Gasteiger charge is -2.32. The van der Waals surface area contributed by atoms with Crippen LogP contribution >= 0.6 is 0 Å². The number of alkyl halides is 3. The van der Waals surface area contributed by atoms with Crippen LogP contribution in [0.25, 0.3) is 0 Å². The van der Waals surface area contributed by atoms with Crippen LogP contribution in [0.5, 0.6) is 0 Å². The van der Waals surface area contributed by atoms with Crippen molar-refractivity contribution in [2.24, 2.45) is 10.9 Å². The summed E-state index contributed by atoms with van der Waals surface area (Å²) in [6.45, 7) is 0. The molecule has 1 amide bonds. The molecule has 0 aromatic rings. The maximum atomic E-state index is 12.7. The Kier molecular flexibility index (Phi) is 3.85.